The summed E-state index contributed by atoms with van der Waals surface area (Å²) in [6.07, 6.45) is 3.76. The Morgan fingerprint density at radius 3 is 2.47 bits per heavy atom. The predicted octanol–water partition coefficient (Wildman–Crippen LogP) is -0.674. The monoisotopic (exact) mass is 289 g/mol. The Bertz CT molecular complexity index is 561. The molecule has 1 saturated heterocycles. The van der Waals surface area contributed by atoms with Crippen LogP contribution in [0.5, 0.6) is 0 Å². The fourth-order valence-electron chi connectivity index (χ4n) is 1.93. The molecule has 106 valence electrons. The molecule has 10 heteroatoms. The summed E-state index contributed by atoms with van der Waals surface area (Å²) < 4.78 is 25.6. The molecular formula is C9H15N5O4S. The quantitative estimate of drug-likeness (QED) is 0.538. The standard InChI is InChI=1S/C9H15N5O4S/c1-19(17,18)13-4-2-11(3-5-13)8-12-7-9(6-10-12)14(15)16/h6-7H,2-5,8H2,1H3. The van der Waals surface area contributed by atoms with E-state index in [0.29, 0.717) is 32.8 Å². The van der Waals surface area contributed by atoms with Gasteiger partial charge in [-0.15, -0.1) is 0 Å². The Balaban J connectivity index is 1.90. The van der Waals surface area contributed by atoms with E-state index >= 15 is 0 Å². The lowest BCUT2D eigenvalue weighted by Crippen LogP contribution is -2.48. The van der Waals surface area contributed by atoms with E-state index in [1.54, 1.807) is 0 Å². The molecule has 19 heavy (non-hydrogen) atoms. The number of aromatic nitrogens is 2. The van der Waals surface area contributed by atoms with Crippen LogP contribution in [0.4, 0.5) is 5.69 Å². The van der Waals surface area contributed by atoms with Gasteiger partial charge in [-0.1, -0.05) is 0 Å². The molecule has 1 aliphatic rings. The fourth-order valence-corrected chi connectivity index (χ4v) is 2.76. The minimum atomic E-state index is -3.13. The molecule has 0 N–H and O–H groups in total. The minimum absolute atomic E-state index is 0.0465. The first kappa shape index (κ1) is 13.9. The Kier molecular flexibility index (Phi) is 3.83. The van der Waals surface area contributed by atoms with Crippen molar-refractivity contribution >= 4 is 15.7 Å². The van der Waals surface area contributed by atoms with Crippen LogP contribution in [0.15, 0.2) is 12.4 Å². The first-order valence-corrected chi connectivity index (χ1v) is 7.55. The maximum atomic E-state index is 11.3. The van der Waals surface area contributed by atoms with Crippen LogP contribution in [0.3, 0.4) is 0 Å². The second-order valence-electron chi connectivity index (χ2n) is 4.42. The molecule has 0 bridgehead atoms. The number of piperazine rings is 1. The van der Waals surface area contributed by atoms with E-state index in [0.717, 1.165) is 0 Å². The molecule has 9 nitrogen and oxygen atoms in total. The summed E-state index contributed by atoms with van der Waals surface area (Å²) in [5.74, 6) is 0. The van der Waals surface area contributed by atoms with Crippen molar-refractivity contribution in [3.8, 4) is 0 Å². The Morgan fingerprint density at radius 2 is 2.00 bits per heavy atom. The van der Waals surface area contributed by atoms with Crippen molar-refractivity contribution in [1.29, 1.82) is 0 Å². The molecular weight excluding hydrogens is 274 g/mol. The number of nitrogens with zero attached hydrogens (tertiary/aromatic N) is 5. The van der Waals surface area contributed by atoms with Gasteiger partial charge in [0.25, 0.3) is 0 Å². The molecule has 2 rings (SSSR count). The molecule has 1 fully saturated rings. The van der Waals surface area contributed by atoms with Gasteiger partial charge in [-0.05, 0) is 0 Å². The summed E-state index contributed by atoms with van der Waals surface area (Å²) in [4.78, 5) is 12.0. The predicted molar refractivity (Wildman–Crippen MR) is 66.9 cm³/mol. The van der Waals surface area contributed by atoms with Gasteiger partial charge in [0.2, 0.25) is 10.0 Å². The van der Waals surface area contributed by atoms with Crippen LogP contribution in [0, 0.1) is 10.1 Å². The maximum Gasteiger partial charge on any atom is 0.307 e. The van der Waals surface area contributed by atoms with Crippen molar-refractivity contribution in [2.75, 3.05) is 32.4 Å². The van der Waals surface area contributed by atoms with Gasteiger partial charge in [-0.2, -0.15) is 9.40 Å². The van der Waals surface area contributed by atoms with Crippen LogP contribution in [0.25, 0.3) is 0 Å². The second-order valence-corrected chi connectivity index (χ2v) is 6.40. The van der Waals surface area contributed by atoms with Crippen molar-refractivity contribution < 1.29 is 13.3 Å². The lowest BCUT2D eigenvalue weighted by atomic mass is 10.4. The van der Waals surface area contributed by atoms with Crippen molar-refractivity contribution in [3.63, 3.8) is 0 Å². The summed E-state index contributed by atoms with van der Waals surface area (Å²) in [6, 6.07) is 0. The Hall–Kier alpha value is -1.52. The normalized spacial score (nSPS) is 18.6. The fraction of sp³-hybridized carbons (Fsp3) is 0.667. The number of hydrogen-bond acceptors (Lipinski definition) is 6. The van der Waals surface area contributed by atoms with Crippen LogP contribution in [0.1, 0.15) is 0 Å². The maximum absolute atomic E-state index is 11.3. The van der Waals surface area contributed by atoms with Gasteiger partial charge in [-0.3, -0.25) is 19.7 Å². The third-order valence-corrected chi connectivity index (χ3v) is 4.28. The van der Waals surface area contributed by atoms with Crippen LogP contribution < -0.4 is 0 Å². The second kappa shape index (κ2) is 5.23. The first-order valence-electron chi connectivity index (χ1n) is 5.70. The van der Waals surface area contributed by atoms with E-state index in [1.807, 2.05) is 4.90 Å². The van der Waals surface area contributed by atoms with E-state index in [4.69, 9.17) is 0 Å². The summed E-state index contributed by atoms with van der Waals surface area (Å²) >= 11 is 0. The summed E-state index contributed by atoms with van der Waals surface area (Å²) in [5, 5.41) is 14.4. The molecule has 0 amide bonds. The summed E-state index contributed by atoms with van der Waals surface area (Å²) in [5.41, 5.74) is -0.0465. The topological polar surface area (TPSA) is 102 Å². The van der Waals surface area contributed by atoms with Gasteiger partial charge in [0.15, 0.2) is 0 Å². The largest absolute Gasteiger partial charge is 0.307 e. The highest BCUT2D eigenvalue weighted by atomic mass is 32.2. The number of rotatable bonds is 4. The first-order chi connectivity index (χ1) is 8.86. The lowest BCUT2D eigenvalue weighted by molar-refractivity contribution is -0.385. The molecule has 1 aliphatic heterocycles. The van der Waals surface area contributed by atoms with Crippen LogP contribution in [0.2, 0.25) is 0 Å². The number of sulfonamides is 1. The third-order valence-electron chi connectivity index (χ3n) is 2.98. The average molecular weight is 289 g/mol. The molecule has 1 aromatic heterocycles. The van der Waals surface area contributed by atoms with Gasteiger partial charge in [0.05, 0.1) is 17.8 Å². The van der Waals surface area contributed by atoms with Crippen molar-refractivity contribution in [3.05, 3.63) is 22.5 Å². The van der Waals surface area contributed by atoms with Crippen molar-refractivity contribution in [1.82, 2.24) is 19.0 Å². The molecule has 0 saturated carbocycles. The van der Waals surface area contributed by atoms with E-state index in [9.17, 15) is 18.5 Å². The van der Waals surface area contributed by atoms with E-state index in [2.05, 4.69) is 5.10 Å². The molecule has 1 aromatic rings. The molecule has 0 atom stereocenters. The molecule has 0 spiro atoms. The highest BCUT2D eigenvalue weighted by Gasteiger charge is 2.23. The van der Waals surface area contributed by atoms with Crippen LogP contribution in [-0.2, 0) is 16.7 Å². The molecule has 0 aromatic carbocycles. The summed E-state index contributed by atoms with van der Waals surface area (Å²) in [6.45, 7) is 2.46. The highest BCUT2D eigenvalue weighted by molar-refractivity contribution is 7.88. The SMILES string of the molecule is CS(=O)(=O)N1CCN(Cn2cc([N+](=O)[O-])cn2)CC1. The molecule has 0 unspecified atom stereocenters. The molecule has 2 heterocycles. The zero-order valence-corrected chi connectivity index (χ0v) is 11.3. The zero-order chi connectivity index (χ0) is 14.0. The van der Waals surface area contributed by atoms with E-state index in [-0.39, 0.29) is 5.69 Å². The summed E-state index contributed by atoms with van der Waals surface area (Å²) in [7, 11) is -3.13. The van der Waals surface area contributed by atoms with Crippen LogP contribution in [-0.4, -0.2) is 64.8 Å². The van der Waals surface area contributed by atoms with Crippen molar-refractivity contribution in [2.24, 2.45) is 0 Å². The molecule has 0 aliphatic carbocycles. The number of hydrogen-bond donors (Lipinski definition) is 0. The minimum Gasteiger partial charge on any atom is -0.282 e. The van der Waals surface area contributed by atoms with Gasteiger partial charge in [-0.25, -0.2) is 8.42 Å². The number of nitro groups is 1. The van der Waals surface area contributed by atoms with Gasteiger partial charge < -0.3 is 0 Å². The Labute approximate surface area is 110 Å². The van der Waals surface area contributed by atoms with Gasteiger partial charge in [0, 0.05) is 26.2 Å². The average Bonchev–Trinajstić information content (AvgIpc) is 2.77. The smallest absolute Gasteiger partial charge is 0.282 e. The van der Waals surface area contributed by atoms with Gasteiger partial charge in [0.1, 0.15) is 12.4 Å². The lowest BCUT2D eigenvalue weighted by Gasteiger charge is -2.32. The van der Waals surface area contributed by atoms with Crippen LogP contribution >= 0.6 is 0 Å². The third kappa shape index (κ3) is 3.49. The highest BCUT2D eigenvalue weighted by Crippen LogP contribution is 2.10. The Morgan fingerprint density at radius 1 is 1.37 bits per heavy atom. The zero-order valence-electron chi connectivity index (χ0n) is 10.5. The van der Waals surface area contributed by atoms with E-state index < -0.39 is 14.9 Å². The van der Waals surface area contributed by atoms with Gasteiger partial charge >= 0.3 is 5.69 Å². The molecule has 0 radical (unpaired) electrons. The van der Waals surface area contributed by atoms with Crippen molar-refractivity contribution in [2.45, 2.75) is 6.67 Å². The van der Waals surface area contributed by atoms with E-state index in [1.165, 1.54) is 27.6 Å².